The Kier molecular flexibility index (Phi) is 5.63. The van der Waals surface area contributed by atoms with Crippen molar-refractivity contribution in [1.29, 1.82) is 0 Å². The van der Waals surface area contributed by atoms with Crippen molar-refractivity contribution in [2.75, 3.05) is 13.2 Å². The molecular formula is C20H34NO3+. The van der Waals surface area contributed by atoms with E-state index in [-0.39, 0.29) is 17.2 Å². The molecule has 1 aromatic carbocycles. The first kappa shape index (κ1) is 19.2. The summed E-state index contributed by atoms with van der Waals surface area (Å²) in [5.74, 6) is 0.844. The number of benzene rings is 1. The zero-order valence-electron chi connectivity index (χ0n) is 16.0. The van der Waals surface area contributed by atoms with Gasteiger partial charge in [0, 0.05) is 12.8 Å². The Hall–Kier alpha value is -1.10. The van der Waals surface area contributed by atoms with Gasteiger partial charge in [-0.25, -0.2) is 0 Å². The van der Waals surface area contributed by atoms with E-state index in [1.165, 1.54) is 10.5 Å². The van der Waals surface area contributed by atoms with Gasteiger partial charge in [0.2, 0.25) is 0 Å². The highest BCUT2D eigenvalue weighted by atomic mass is 16.5. The van der Waals surface area contributed by atoms with Gasteiger partial charge < -0.3 is 19.8 Å². The standard InChI is InChI=1S/C20H33NO3/c1-14-8-7-9-18(15(14)2)24-13-17(23)12-21-19(3,4)10-16(22)11-20(21,5)6/h7-9,16-17,22-23H,10-13H2,1-6H3/p+1/t17-/m0/s1. The molecule has 136 valence electrons. The van der Waals surface area contributed by atoms with Crippen LogP contribution < -0.4 is 9.64 Å². The number of quaternary nitrogens is 1. The van der Waals surface area contributed by atoms with E-state index < -0.39 is 6.10 Å². The van der Waals surface area contributed by atoms with Gasteiger partial charge in [-0.3, -0.25) is 0 Å². The van der Waals surface area contributed by atoms with Crippen molar-refractivity contribution in [3.05, 3.63) is 29.3 Å². The van der Waals surface area contributed by atoms with E-state index in [4.69, 9.17) is 4.74 Å². The molecule has 1 aliphatic heterocycles. The van der Waals surface area contributed by atoms with E-state index in [0.29, 0.717) is 13.2 Å². The summed E-state index contributed by atoms with van der Waals surface area (Å²) in [6.07, 6.45) is 0.725. The lowest BCUT2D eigenvalue weighted by atomic mass is 9.78. The number of aliphatic hydroxyl groups excluding tert-OH is 2. The molecule has 0 aromatic heterocycles. The summed E-state index contributed by atoms with van der Waals surface area (Å²) in [5.41, 5.74) is 2.18. The van der Waals surface area contributed by atoms with Crippen LogP contribution in [0, 0.1) is 13.8 Å². The minimum absolute atomic E-state index is 0.0681. The summed E-state index contributed by atoms with van der Waals surface area (Å²) < 4.78 is 5.87. The molecule has 0 unspecified atom stereocenters. The average Bonchev–Trinajstić information content (AvgIpc) is 2.43. The molecule has 4 nitrogen and oxygen atoms in total. The van der Waals surface area contributed by atoms with Crippen molar-refractivity contribution in [3.8, 4) is 5.75 Å². The molecule has 1 saturated heterocycles. The smallest absolute Gasteiger partial charge is 0.137 e. The molecule has 1 aromatic rings. The van der Waals surface area contributed by atoms with Gasteiger partial charge in [-0.2, -0.15) is 0 Å². The molecule has 1 heterocycles. The Morgan fingerprint density at radius 3 is 2.33 bits per heavy atom. The second-order valence-electron chi connectivity index (χ2n) is 8.68. The highest BCUT2D eigenvalue weighted by molar-refractivity contribution is 5.38. The third-order valence-corrected chi connectivity index (χ3v) is 5.55. The van der Waals surface area contributed by atoms with Gasteiger partial charge in [0.05, 0.1) is 17.2 Å². The molecule has 3 N–H and O–H groups in total. The number of nitrogens with one attached hydrogen (secondary N) is 1. The van der Waals surface area contributed by atoms with E-state index >= 15 is 0 Å². The summed E-state index contributed by atoms with van der Waals surface area (Å²) in [7, 11) is 0. The summed E-state index contributed by atoms with van der Waals surface area (Å²) in [6.45, 7) is 13.7. The molecule has 0 saturated carbocycles. The normalized spacial score (nSPS) is 26.8. The van der Waals surface area contributed by atoms with Gasteiger partial charge in [-0.05, 0) is 58.7 Å². The fourth-order valence-electron chi connectivity index (χ4n) is 4.33. The first-order chi connectivity index (χ1) is 11.0. The van der Waals surface area contributed by atoms with E-state index in [9.17, 15) is 10.2 Å². The van der Waals surface area contributed by atoms with Crippen LogP contribution in [0.2, 0.25) is 0 Å². The lowest BCUT2D eigenvalue weighted by Crippen LogP contribution is -3.27. The largest absolute Gasteiger partial charge is 0.490 e. The zero-order chi connectivity index (χ0) is 18.1. The summed E-state index contributed by atoms with van der Waals surface area (Å²) >= 11 is 0. The molecule has 1 atom stereocenters. The van der Waals surface area contributed by atoms with Gasteiger partial charge >= 0.3 is 0 Å². The molecule has 2 rings (SSSR count). The maximum absolute atomic E-state index is 10.5. The van der Waals surface area contributed by atoms with E-state index in [1.54, 1.807) is 0 Å². The number of hydrogen-bond donors (Lipinski definition) is 3. The van der Waals surface area contributed by atoms with Crippen LogP contribution in [-0.4, -0.2) is 46.7 Å². The maximum atomic E-state index is 10.5. The number of ether oxygens (including phenoxy) is 1. The van der Waals surface area contributed by atoms with Crippen LogP contribution in [0.1, 0.15) is 51.7 Å². The van der Waals surface area contributed by atoms with Crippen molar-refractivity contribution in [2.24, 2.45) is 0 Å². The van der Waals surface area contributed by atoms with Gasteiger partial charge in [-0.15, -0.1) is 0 Å². The Labute approximate surface area is 146 Å². The second-order valence-corrected chi connectivity index (χ2v) is 8.68. The summed E-state index contributed by atoms with van der Waals surface area (Å²) in [5, 5.41) is 20.7. The van der Waals surface area contributed by atoms with Gasteiger partial charge in [0.15, 0.2) is 0 Å². The Balaban J connectivity index is 2.00. The van der Waals surface area contributed by atoms with E-state index in [2.05, 4.69) is 40.7 Å². The third kappa shape index (κ3) is 4.29. The molecule has 1 aliphatic rings. The molecular weight excluding hydrogens is 302 g/mol. The number of aliphatic hydroxyl groups is 2. The predicted octanol–water partition coefficient (Wildman–Crippen LogP) is 1.64. The highest BCUT2D eigenvalue weighted by Gasteiger charge is 2.49. The van der Waals surface area contributed by atoms with Crippen LogP contribution >= 0.6 is 0 Å². The van der Waals surface area contributed by atoms with Crippen LogP contribution in [0.25, 0.3) is 0 Å². The number of hydrogen-bond acceptors (Lipinski definition) is 3. The van der Waals surface area contributed by atoms with E-state index in [1.807, 2.05) is 19.1 Å². The second kappa shape index (κ2) is 7.03. The molecule has 0 amide bonds. The van der Waals surface area contributed by atoms with Gasteiger partial charge in [0.25, 0.3) is 0 Å². The monoisotopic (exact) mass is 336 g/mol. The van der Waals surface area contributed by atoms with Crippen LogP contribution in [-0.2, 0) is 0 Å². The number of likely N-dealkylation sites (tertiary alicyclic amines) is 1. The Morgan fingerprint density at radius 2 is 1.75 bits per heavy atom. The van der Waals surface area contributed by atoms with Crippen LogP contribution in [0.15, 0.2) is 18.2 Å². The minimum Gasteiger partial charge on any atom is -0.490 e. The molecule has 0 radical (unpaired) electrons. The maximum Gasteiger partial charge on any atom is 0.137 e. The Morgan fingerprint density at radius 1 is 1.17 bits per heavy atom. The van der Waals surface area contributed by atoms with Crippen LogP contribution in [0.5, 0.6) is 5.75 Å². The highest BCUT2D eigenvalue weighted by Crippen LogP contribution is 2.24. The summed E-state index contributed by atoms with van der Waals surface area (Å²) in [6, 6.07) is 5.99. The number of rotatable bonds is 5. The molecule has 0 spiro atoms. The fourth-order valence-corrected chi connectivity index (χ4v) is 4.33. The van der Waals surface area contributed by atoms with Gasteiger partial charge in [-0.1, -0.05) is 12.1 Å². The van der Waals surface area contributed by atoms with E-state index in [0.717, 1.165) is 24.2 Å². The van der Waals surface area contributed by atoms with Crippen molar-refractivity contribution in [3.63, 3.8) is 0 Å². The number of aryl methyl sites for hydroxylation is 1. The van der Waals surface area contributed by atoms with Gasteiger partial charge in [0.1, 0.15) is 25.0 Å². The third-order valence-electron chi connectivity index (χ3n) is 5.55. The summed E-state index contributed by atoms with van der Waals surface area (Å²) in [4.78, 5) is 1.33. The lowest BCUT2D eigenvalue weighted by Gasteiger charge is -2.51. The topological polar surface area (TPSA) is 54.1 Å². The van der Waals surface area contributed by atoms with Crippen molar-refractivity contribution >= 4 is 0 Å². The fraction of sp³-hybridized carbons (Fsp3) is 0.700. The van der Waals surface area contributed by atoms with Crippen molar-refractivity contribution in [2.45, 2.75) is 77.7 Å². The van der Waals surface area contributed by atoms with Crippen molar-refractivity contribution < 1.29 is 19.8 Å². The average molecular weight is 336 g/mol. The minimum atomic E-state index is -0.534. The molecule has 1 fully saturated rings. The van der Waals surface area contributed by atoms with Crippen molar-refractivity contribution in [1.82, 2.24) is 0 Å². The number of piperidine rings is 1. The van der Waals surface area contributed by atoms with Crippen LogP contribution in [0.4, 0.5) is 0 Å². The lowest BCUT2D eigenvalue weighted by molar-refractivity contribution is -1.00. The zero-order valence-corrected chi connectivity index (χ0v) is 16.0. The molecule has 0 aliphatic carbocycles. The molecule has 24 heavy (non-hydrogen) atoms. The first-order valence-corrected chi connectivity index (χ1v) is 8.95. The predicted molar refractivity (Wildman–Crippen MR) is 96.6 cm³/mol. The molecule has 4 heteroatoms. The van der Waals surface area contributed by atoms with Crippen LogP contribution in [0.3, 0.4) is 0 Å². The SMILES string of the molecule is Cc1cccc(OC[C@@H](O)C[NH+]2C(C)(C)CC(O)CC2(C)C)c1C. The quantitative estimate of drug-likeness (QED) is 0.766. The Bertz CT molecular complexity index is 550. The first-order valence-electron chi connectivity index (χ1n) is 8.95. The molecule has 0 bridgehead atoms.